The molecule has 1 unspecified atom stereocenters. The minimum Gasteiger partial charge on any atom is -0.497 e. The zero-order valence-electron chi connectivity index (χ0n) is 16.9. The molecule has 0 N–H and O–H groups in total. The molecule has 0 fully saturated rings. The molecule has 0 bridgehead atoms. The first-order valence-corrected chi connectivity index (χ1v) is 9.58. The van der Waals surface area contributed by atoms with E-state index < -0.39 is 0 Å². The Kier molecular flexibility index (Phi) is 4.90. The van der Waals surface area contributed by atoms with E-state index in [1.54, 1.807) is 7.11 Å². The van der Waals surface area contributed by atoms with Gasteiger partial charge < -0.3 is 14.2 Å². The topological polar surface area (TPSA) is 43.2 Å². The van der Waals surface area contributed by atoms with E-state index in [1.807, 2.05) is 19.1 Å². The molecule has 1 aliphatic rings. The normalized spacial score (nSPS) is 16.3. The van der Waals surface area contributed by atoms with Crippen LogP contribution in [0.15, 0.2) is 60.5 Å². The van der Waals surface area contributed by atoms with E-state index in [-0.39, 0.29) is 6.04 Å². The molecule has 0 aliphatic heterocycles. The van der Waals surface area contributed by atoms with Gasteiger partial charge >= 0.3 is 0 Å². The summed E-state index contributed by atoms with van der Waals surface area (Å²) < 4.78 is 7.47. The maximum atomic E-state index is 5.32. The van der Waals surface area contributed by atoms with E-state index in [0.717, 1.165) is 41.3 Å². The summed E-state index contributed by atoms with van der Waals surface area (Å²) in [5, 5.41) is 0. The summed E-state index contributed by atoms with van der Waals surface area (Å²) in [7, 11) is 5.88. The van der Waals surface area contributed by atoms with Crippen LogP contribution in [0.2, 0.25) is 0 Å². The molecule has 1 aliphatic carbocycles. The second kappa shape index (κ2) is 7.50. The molecule has 144 valence electrons. The van der Waals surface area contributed by atoms with E-state index in [1.165, 1.54) is 11.1 Å². The third-order valence-electron chi connectivity index (χ3n) is 5.33. The van der Waals surface area contributed by atoms with Crippen molar-refractivity contribution in [3.05, 3.63) is 77.5 Å². The fourth-order valence-corrected chi connectivity index (χ4v) is 3.84. The lowest BCUT2D eigenvalue weighted by atomic mass is 10.1. The fourth-order valence-electron chi connectivity index (χ4n) is 3.84. The van der Waals surface area contributed by atoms with E-state index in [4.69, 9.17) is 14.7 Å². The van der Waals surface area contributed by atoms with Crippen LogP contribution in [0.3, 0.4) is 0 Å². The summed E-state index contributed by atoms with van der Waals surface area (Å²) >= 11 is 0. The van der Waals surface area contributed by atoms with Crippen LogP contribution in [0.5, 0.6) is 0 Å². The summed E-state index contributed by atoms with van der Waals surface area (Å²) in [4.78, 5) is 11.8. The van der Waals surface area contributed by atoms with E-state index in [0.29, 0.717) is 0 Å². The molecular formula is C23H26N4O. The third kappa shape index (κ3) is 3.40. The van der Waals surface area contributed by atoms with Gasteiger partial charge in [-0.05, 0) is 31.1 Å². The van der Waals surface area contributed by atoms with Gasteiger partial charge in [-0.15, -0.1) is 0 Å². The number of aromatic nitrogens is 3. The van der Waals surface area contributed by atoms with Crippen LogP contribution in [0.25, 0.3) is 11.0 Å². The molecule has 1 atom stereocenters. The van der Waals surface area contributed by atoms with Crippen molar-refractivity contribution in [2.75, 3.05) is 19.1 Å². The Bertz CT molecular complexity index is 1050. The average molecular weight is 374 g/mol. The molecule has 0 radical (unpaired) electrons. The van der Waals surface area contributed by atoms with Crippen molar-refractivity contribution in [2.45, 2.75) is 25.8 Å². The number of fused-ring (bicyclic) bond motifs is 1. The highest BCUT2D eigenvalue weighted by Gasteiger charge is 2.22. The smallest absolute Gasteiger partial charge is 0.157 e. The number of methoxy groups -OCH3 is 1. The van der Waals surface area contributed by atoms with Gasteiger partial charge in [0.2, 0.25) is 0 Å². The predicted molar refractivity (Wildman–Crippen MR) is 114 cm³/mol. The minimum absolute atomic E-state index is 0.240. The predicted octanol–water partition coefficient (Wildman–Crippen LogP) is 4.16. The molecule has 3 aromatic rings. The first-order chi connectivity index (χ1) is 13.6. The summed E-state index contributed by atoms with van der Waals surface area (Å²) in [6.07, 6.45) is 10.3. The van der Waals surface area contributed by atoms with Crippen molar-refractivity contribution < 1.29 is 4.74 Å². The Morgan fingerprint density at radius 2 is 2.00 bits per heavy atom. The van der Waals surface area contributed by atoms with E-state index >= 15 is 0 Å². The van der Waals surface area contributed by atoms with E-state index in [2.05, 4.69) is 66.2 Å². The van der Waals surface area contributed by atoms with Crippen molar-refractivity contribution in [2.24, 2.45) is 7.05 Å². The van der Waals surface area contributed by atoms with Crippen molar-refractivity contribution >= 4 is 16.9 Å². The van der Waals surface area contributed by atoms with Crippen LogP contribution in [-0.4, -0.2) is 34.7 Å². The van der Waals surface area contributed by atoms with Crippen LogP contribution >= 0.6 is 0 Å². The number of rotatable bonds is 5. The second-order valence-corrected chi connectivity index (χ2v) is 7.30. The Balaban J connectivity index is 1.73. The van der Waals surface area contributed by atoms with Crippen molar-refractivity contribution in [3.63, 3.8) is 0 Å². The van der Waals surface area contributed by atoms with Gasteiger partial charge in [0.15, 0.2) is 5.82 Å². The zero-order valence-corrected chi connectivity index (χ0v) is 16.9. The Hall–Kier alpha value is -3.08. The molecule has 5 heteroatoms. The number of benzene rings is 1. The van der Waals surface area contributed by atoms with Gasteiger partial charge in [-0.25, -0.2) is 9.97 Å². The molecule has 5 nitrogen and oxygen atoms in total. The van der Waals surface area contributed by atoms with Crippen LogP contribution in [-0.2, 0) is 18.2 Å². The average Bonchev–Trinajstić information content (AvgIpc) is 3.02. The van der Waals surface area contributed by atoms with Crippen LogP contribution in [0.4, 0.5) is 5.82 Å². The molecule has 0 saturated heterocycles. The SMILES string of the molecule is COC1=CCC(N(C)c2nc(C)nc3c(Cc4ccccc4)cn(C)c23)C=C1. The van der Waals surface area contributed by atoms with Gasteiger partial charge in [-0.3, -0.25) is 0 Å². The number of allylic oxidation sites excluding steroid dienone is 1. The Morgan fingerprint density at radius 3 is 2.68 bits per heavy atom. The van der Waals surface area contributed by atoms with E-state index in [9.17, 15) is 0 Å². The third-order valence-corrected chi connectivity index (χ3v) is 5.33. The number of hydrogen-bond donors (Lipinski definition) is 0. The van der Waals surface area contributed by atoms with Gasteiger partial charge in [0, 0.05) is 32.3 Å². The first kappa shape index (κ1) is 18.3. The summed E-state index contributed by atoms with van der Waals surface area (Å²) in [5.74, 6) is 2.67. The standard InChI is InChI=1S/C23H26N4O/c1-16-24-21-18(14-17-8-6-5-7-9-17)15-26(2)22(21)23(25-16)27(3)19-10-12-20(28-4)13-11-19/h5-10,12-13,15,19H,11,14H2,1-4H3. The lowest BCUT2D eigenvalue weighted by Gasteiger charge is -2.28. The Morgan fingerprint density at radius 1 is 1.21 bits per heavy atom. The maximum Gasteiger partial charge on any atom is 0.157 e. The second-order valence-electron chi connectivity index (χ2n) is 7.30. The molecule has 2 heterocycles. The maximum absolute atomic E-state index is 5.32. The van der Waals surface area contributed by atoms with Crippen LogP contribution in [0.1, 0.15) is 23.4 Å². The number of nitrogens with zero attached hydrogens (tertiary/aromatic N) is 4. The van der Waals surface area contributed by atoms with Gasteiger partial charge in [0.05, 0.1) is 18.7 Å². The van der Waals surface area contributed by atoms with Gasteiger partial charge in [0.25, 0.3) is 0 Å². The van der Waals surface area contributed by atoms with Gasteiger partial charge in [-0.1, -0.05) is 36.4 Å². The number of anilines is 1. The highest BCUT2D eigenvalue weighted by molar-refractivity contribution is 5.90. The molecule has 0 spiro atoms. The molecular weight excluding hydrogens is 348 g/mol. The molecule has 2 aromatic heterocycles. The summed E-state index contributed by atoms with van der Waals surface area (Å²) in [6, 6.07) is 10.8. The van der Waals surface area contributed by atoms with Crippen molar-refractivity contribution in [1.29, 1.82) is 0 Å². The minimum atomic E-state index is 0.240. The van der Waals surface area contributed by atoms with Crippen molar-refractivity contribution in [1.82, 2.24) is 14.5 Å². The number of ether oxygens (including phenoxy) is 1. The number of likely N-dealkylation sites (N-methyl/N-ethyl adjacent to an activating group) is 1. The first-order valence-electron chi connectivity index (χ1n) is 9.58. The summed E-state index contributed by atoms with van der Waals surface area (Å²) in [5.41, 5.74) is 4.63. The lowest BCUT2D eigenvalue weighted by Crippen LogP contribution is -2.32. The van der Waals surface area contributed by atoms with Crippen LogP contribution < -0.4 is 4.90 Å². The highest BCUT2D eigenvalue weighted by Crippen LogP contribution is 2.30. The summed E-state index contributed by atoms with van der Waals surface area (Å²) in [6.45, 7) is 1.97. The molecule has 0 amide bonds. The molecule has 28 heavy (non-hydrogen) atoms. The molecule has 4 rings (SSSR count). The highest BCUT2D eigenvalue weighted by atomic mass is 16.5. The van der Waals surface area contributed by atoms with Gasteiger partial charge in [-0.2, -0.15) is 0 Å². The largest absolute Gasteiger partial charge is 0.497 e. The van der Waals surface area contributed by atoms with Gasteiger partial charge in [0.1, 0.15) is 17.1 Å². The molecule has 1 aromatic carbocycles. The number of aryl methyl sites for hydroxylation is 2. The lowest BCUT2D eigenvalue weighted by molar-refractivity contribution is 0.302. The monoisotopic (exact) mass is 374 g/mol. The molecule has 0 saturated carbocycles. The Labute approximate surface area is 166 Å². The van der Waals surface area contributed by atoms with Crippen molar-refractivity contribution in [3.8, 4) is 0 Å². The van der Waals surface area contributed by atoms with Crippen LogP contribution in [0, 0.1) is 6.92 Å². The fraction of sp³-hybridized carbons (Fsp3) is 0.304. The quantitative estimate of drug-likeness (QED) is 0.672. The zero-order chi connectivity index (χ0) is 19.7. The number of hydrogen-bond acceptors (Lipinski definition) is 4.